The minimum absolute atomic E-state index is 0.00499. The van der Waals surface area contributed by atoms with Gasteiger partial charge in [0.05, 0.1) is 12.5 Å². The molecule has 3 N–H and O–H groups in total. The first-order valence-electron chi connectivity index (χ1n) is 14.5. The third kappa shape index (κ3) is 23.0. The number of carbonyl (C=O) groups is 2. The van der Waals surface area contributed by atoms with E-state index in [1.54, 1.807) is 0 Å². The van der Waals surface area contributed by atoms with E-state index in [0.29, 0.717) is 25.9 Å². The third-order valence-corrected chi connectivity index (χ3v) is 6.57. The van der Waals surface area contributed by atoms with E-state index in [1.807, 2.05) is 0 Å². The van der Waals surface area contributed by atoms with Crippen molar-refractivity contribution in [3.8, 4) is 0 Å². The number of amides is 1. The van der Waals surface area contributed by atoms with Crippen molar-refractivity contribution in [3.63, 3.8) is 0 Å². The van der Waals surface area contributed by atoms with Crippen molar-refractivity contribution in [2.75, 3.05) is 45.8 Å². The zero-order valence-corrected chi connectivity index (χ0v) is 23.2. The summed E-state index contributed by atoms with van der Waals surface area (Å²) in [7, 11) is 0. The third-order valence-electron chi connectivity index (χ3n) is 6.57. The van der Waals surface area contributed by atoms with Gasteiger partial charge in [-0.05, 0) is 71.2 Å². The van der Waals surface area contributed by atoms with Crippen LogP contribution in [-0.2, 0) is 9.59 Å². The molecule has 0 heterocycles. The molecular formula is C28H57N3O4. The number of carboxylic acids is 1. The summed E-state index contributed by atoms with van der Waals surface area (Å²) in [4.78, 5) is 28.0. The Hall–Kier alpha value is -1.18. The second kappa shape index (κ2) is 24.5. The molecule has 0 aliphatic heterocycles. The molecule has 0 spiro atoms. The van der Waals surface area contributed by atoms with Gasteiger partial charge in [-0.1, -0.05) is 65.7 Å². The number of hydrogen-bond acceptors (Lipinski definition) is 5. The summed E-state index contributed by atoms with van der Waals surface area (Å²) in [6, 6.07) is 0. The predicted molar refractivity (Wildman–Crippen MR) is 146 cm³/mol. The van der Waals surface area contributed by atoms with E-state index in [1.165, 1.54) is 44.9 Å². The fraction of sp³-hybridized carbons (Fsp3) is 0.929. The lowest BCUT2D eigenvalue weighted by molar-refractivity contribution is -0.137. The number of carboxylic acid groups (broad SMARTS) is 1. The van der Waals surface area contributed by atoms with Gasteiger partial charge in [0.25, 0.3) is 0 Å². The topological polar surface area (TPSA) is 93.1 Å². The number of aliphatic carboxylic acids is 1. The normalized spacial score (nSPS) is 12.4. The molecule has 0 aliphatic carbocycles. The molecule has 0 aliphatic rings. The van der Waals surface area contributed by atoms with Gasteiger partial charge in [0, 0.05) is 19.5 Å². The van der Waals surface area contributed by atoms with Gasteiger partial charge in [-0.2, -0.15) is 0 Å². The first kappa shape index (κ1) is 33.8. The standard InChI is InChI=1S/C28H57N3O4/c1-4-7-10-11-12-15-26(32)16-17-27(33)29-19-13-22-31(25-18-28(34)35)24-14-23-30(20-8-5-2)21-9-6-3/h26,32H,4-25H2,1-3H3,(H,29,33)(H,34,35). The summed E-state index contributed by atoms with van der Waals surface area (Å²) < 4.78 is 0. The molecule has 0 saturated heterocycles. The number of aliphatic hydroxyl groups excluding tert-OH is 1. The van der Waals surface area contributed by atoms with E-state index in [4.69, 9.17) is 5.11 Å². The minimum atomic E-state index is -0.764. The molecule has 1 atom stereocenters. The lowest BCUT2D eigenvalue weighted by Crippen LogP contribution is -2.34. The smallest absolute Gasteiger partial charge is 0.304 e. The number of rotatable bonds is 26. The minimum Gasteiger partial charge on any atom is -0.481 e. The van der Waals surface area contributed by atoms with Crippen molar-refractivity contribution in [2.24, 2.45) is 0 Å². The van der Waals surface area contributed by atoms with Crippen LogP contribution in [0.3, 0.4) is 0 Å². The second-order valence-corrected chi connectivity index (χ2v) is 9.99. The van der Waals surface area contributed by atoms with Crippen LogP contribution in [0.4, 0.5) is 0 Å². The van der Waals surface area contributed by atoms with Crippen LogP contribution in [0.5, 0.6) is 0 Å². The zero-order valence-electron chi connectivity index (χ0n) is 23.2. The summed E-state index contributed by atoms with van der Waals surface area (Å²) in [5, 5.41) is 22.1. The highest BCUT2D eigenvalue weighted by molar-refractivity contribution is 5.75. The monoisotopic (exact) mass is 499 g/mol. The van der Waals surface area contributed by atoms with E-state index in [2.05, 4.69) is 35.9 Å². The molecule has 0 bridgehead atoms. The summed E-state index contributed by atoms with van der Waals surface area (Å²) >= 11 is 0. The fourth-order valence-corrected chi connectivity index (χ4v) is 4.25. The molecule has 35 heavy (non-hydrogen) atoms. The quantitative estimate of drug-likeness (QED) is 0.144. The Bertz CT molecular complexity index is 497. The molecule has 7 heteroatoms. The highest BCUT2D eigenvalue weighted by Gasteiger charge is 2.11. The highest BCUT2D eigenvalue weighted by Crippen LogP contribution is 2.10. The van der Waals surface area contributed by atoms with Gasteiger partial charge in [0.2, 0.25) is 5.91 Å². The molecule has 0 saturated carbocycles. The molecule has 0 rings (SSSR count). The van der Waals surface area contributed by atoms with Crippen LogP contribution in [0.2, 0.25) is 0 Å². The Balaban J connectivity index is 4.17. The maximum Gasteiger partial charge on any atom is 0.304 e. The van der Waals surface area contributed by atoms with Gasteiger partial charge < -0.3 is 25.3 Å². The number of nitrogens with one attached hydrogen (secondary N) is 1. The summed E-state index contributed by atoms with van der Waals surface area (Å²) in [5.74, 6) is -0.769. The average molecular weight is 500 g/mol. The van der Waals surface area contributed by atoms with E-state index < -0.39 is 5.97 Å². The van der Waals surface area contributed by atoms with Gasteiger partial charge in [0.1, 0.15) is 0 Å². The maximum absolute atomic E-state index is 12.1. The molecule has 1 unspecified atom stereocenters. The maximum atomic E-state index is 12.1. The molecule has 7 nitrogen and oxygen atoms in total. The predicted octanol–water partition coefficient (Wildman–Crippen LogP) is 5.06. The molecular weight excluding hydrogens is 442 g/mol. The number of carbonyl (C=O) groups excluding carboxylic acids is 1. The van der Waals surface area contributed by atoms with Crippen molar-refractivity contribution in [1.82, 2.24) is 15.1 Å². The van der Waals surface area contributed by atoms with Crippen LogP contribution in [0, 0.1) is 0 Å². The SMILES string of the molecule is CCCCCCCC(O)CCC(=O)NCCCN(CCCN(CCCC)CCCC)CCC(=O)O. The van der Waals surface area contributed by atoms with Gasteiger partial charge in [0.15, 0.2) is 0 Å². The number of nitrogens with zero attached hydrogens (tertiary/aromatic N) is 2. The van der Waals surface area contributed by atoms with Crippen LogP contribution >= 0.6 is 0 Å². The fourth-order valence-electron chi connectivity index (χ4n) is 4.25. The molecule has 1 amide bonds. The van der Waals surface area contributed by atoms with Crippen LogP contribution in [-0.4, -0.2) is 83.8 Å². The summed E-state index contributed by atoms with van der Waals surface area (Å²) in [6.07, 6.45) is 14.0. The average Bonchev–Trinajstić information content (AvgIpc) is 2.84. The van der Waals surface area contributed by atoms with Gasteiger partial charge in [-0.3, -0.25) is 9.59 Å². The van der Waals surface area contributed by atoms with E-state index in [-0.39, 0.29) is 18.4 Å². The second-order valence-electron chi connectivity index (χ2n) is 9.99. The van der Waals surface area contributed by atoms with Crippen LogP contribution in [0.25, 0.3) is 0 Å². The Labute approximate surface area is 216 Å². The molecule has 0 fully saturated rings. The molecule has 208 valence electrons. The van der Waals surface area contributed by atoms with Crippen LogP contribution in [0.1, 0.15) is 117 Å². The number of hydrogen-bond donors (Lipinski definition) is 3. The van der Waals surface area contributed by atoms with E-state index in [9.17, 15) is 14.7 Å². The molecule has 0 aromatic rings. The van der Waals surface area contributed by atoms with Crippen molar-refractivity contribution in [1.29, 1.82) is 0 Å². The van der Waals surface area contributed by atoms with E-state index >= 15 is 0 Å². The number of unbranched alkanes of at least 4 members (excludes halogenated alkanes) is 6. The van der Waals surface area contributed by atoms with Gasteiger partial charge in [-0.15, -0.1) is 0 Å². The molecule has 0 radical (unpaired) electrons. The summed E-state index contributed by atoms with van der Waals surface area (Å²) in [6.45, 7) is 12.8. The van der Waals surface area contributed by atoms with Crippen molar-refractivity contribution in [2.45, 2.75) is 123 Å². The lowest BCUT2D eigenvalue weighted by atomic mass is 10.0. The van der Waals surface area contributed by atoms with E-state index in [0.717, 1.165) is 64.8 Å². The van der Waals surface area contributed by atoms with Crippen LogP contribution in [0.15, 0.2) is 0 Å². The molecule has 0 aromatic carbocycles. The van der Waals surface area contributed by atoms with Crippen LogP contribution < -0.4 is 5.32 Å². The van der Waals surface area contributed by atoms with Crippen molar-refractivity contribution < 1.29 is 19.8 Å². The van der Waals surface area contributed by atoms with Gasteiger partial charge >= 0.3 is 5.97 Å². The Morgan fingerprint density at radius 3 is 1.80 bits per heavy atom. The Kier molecular flexibility index (Phi) is 23.7. The highest BCUT2D eigenvalue weighted by atomic mass is 16.4. The zero-order chi connectivity index (χ0) is 26.2. The Morgan fingerprint density at radius 1 is 0.657 bits per heavy atom. The number of aliphatic hydroxyl groups is 1. The lowest BCUT2D eigenvalue weighted by Gasteiger charge is -2.25. The first-order valence-corrected chi connectivity index (χ1v) is 14.5. The van der Waals surface area contributed by atoms with Gasteiger partial charge in [-0.25, -0.2) is 0 Å². The molecule has 0 aromatic heterocycles. The largest absolute Gasteiger partial charge is 0.481 e. The Morgan fingerprint density at radius 2 is 1.20 bits per heavy atom. The summed E-state index contributed by atoms with van der Waals surface area (Å²) in [5.41, 5.74) is 0. The van der Waals surface area contributed by atoms with Crippen molar-refractivity contribution in [3.05, 3.63) is 0 Å². The van der Waals surface area contributed by atoms with Crippen molar-refractivity contribution >= 4 is 11.9 Å². The first-order chi connectivity index (χ1) is 16.9.